The first-order valence-electron chi connectivity index (χ1n) is 10.4. The molecule has 0 radical (unpaired) electrons. The van der Waals surface area contributed by atoms with Gasteiger partial charge >= 0.3 is 0 Å². The van der Waals surface area contributed by atoms with E-state index in [9.17, 15) is 8.42 Å². The Bertz CT molecular complexity index is 1370. The average molecular weight is 484 g/mol. The monoisotopic (exact) mass is 483 g/mol. The molecule has 4 N–H and O–H groups in total. The first-order chi connectivity index (χ1) is 15.4. The molecule has 0 aliphatic rings. The first-order valence-corrected chi connectivity index (χ1v) is 11.9. The third kappa shape index (κ3) is 5.35. The van der Waals surface area contributed by atoms with Crippen LogP contribution >= 0.6 is 12.4 Å². The normalized spacial score (nSPS) is 11.2. The highest BCUT2D eigenvalue weighted by atomic mass is 35.5. The molecule has 4 aromatic rings. The van der Waals surface area contributed by atoms with Crippen LogP contribution in [0.2, 0.25) is 0 Å². The number of imidazole rings is 1. The summed E-state index contributed by atoms with van der Waals surface area (Å²) in [4.78, 5) is 5.02. The quantitative estimate of drug-likeness (QED) is 0.252. The van der Waals surface area contributed by atoms with Gasteiger partial charge in [0.15, 0.2) is 0 Å². The van der Waals surface area contributed by atoms with E-state index in [0.717, 1.165) is 35.4 Å². The molecule has 4 rings (SSSR count). The molecule has 0 amide bonds. The number of nitrogens with zero attached hydrogens (tertiary/aromatic N) is 2. The number of sulfonamides is 1. The summed E-state index contributed by atoms with van der Waals surface area (Å²) in [5, 5.41) is 7.54. The summed E-state index contributed by atoms with van der Waals surface area (Å²) in [5.41, 5.74) is 9.47. The highest BCUT2D eigenvalue weighted by Gasteiger charge is 2.16. The Morgan fingerprint density at radius 2 is 1.76 bits per heavy atom. The van der Waals surface area contributed by atoms with Gasteiger partial charge in [-0.1, -0.05) is 49.4 Å². The number of nitrogen functional groups attached to an aromatic ring is 1. The second kappa shape index (κ2) is 10.1. The molecular weight excluding hydrogens is 458 g/mol. The van der Waals surface area contributed by atoms with Crippen molar-refractivity contribution in [2.45, 2.75) is 31.2 Å². The minimum atomic E-state index is -3.67. The Kier molecular flexibility index (Phi) is 7.40. The van der Waals surface area contributed by atoms with Crippen molar-refractivity contribution in [3.05, 3.63) is 89.7 Å². The van der Waals surface area contributed by atoms with Crippen LogP contribution in [0.15, 0.2) is 77.7 Å². The van der Waals surface area contributed by atoms with Crippen molar-refractivity contribution in [3.8, 4) is 0 Å². The summed E-state index contributed by atoms with van der Waals surface area (Å²) < 4.78 is 30.2. The topological polar surface area (TPSA) is 114 Å². The molecule has 0 saturated heterocycles. The summed E-state index contributed by atoms with van der Waals surface area (Å²) in [6, 6.07) is 21.3. The minimum Gasteiger partial charge on any atom is -0.384 e. The van der Waals surface area contributed by atoms with Gasteiger partial charge < -0.3 is 10.3 Å². The van der Waals surface area contributed by atoms with Crippen molar-refractivity contribution in [2.75, 3.05) is 4.72 Å². The number of aromatic nitrogens is 2. The Labute approximate surface area is 199 Å². The molecule has 172 valence electrons. The van der Waals surface area contributed by atoms with Crippen LogP contribution < -0.4 is 10.5 Å². The minimum absolute atomic E-state index is 0. The van der Waals surface area contributed by atoms with E-state index >= 15 is 0 Å². The third-order valence-corrected chi connectivity index (χ3v) is 6.60. The second-order valence-electron chi connectivity index (χ2n) is 7.59. The lowest BCUT2D eigenvalue weighted by molar-refractivity contribution is 0.601. The number of amidine groups is 1. The van der Waals surface area contributed by atoms with Crippen LogP contribution in [-0.4, -0.2) is 23.8 Å². The molecule has 0 saturated carbocycles. The smallest absolute Gasteiger partial charge is 0.261 e. The van der Waals surface area contributed by atoms with Gasteiger partial charge in [0.1, 0.15) is 11.7 Å². The van der Waals surface area contributed by atoms with Gasteiger partial charge in [0.05, 0.1) is 21.6 Å². The van der Waals surface area contributed by atoms with Gasteiger partial charge in [0, 0.05) is 18.5 Å². The maximum atomic E-state index is 12.7. The number of rotatable bonds is 8. The Morgan fingerprint density at radius 3 is 2.39 bits per heavy atom. The van der Waals surface area contributed by atoms with Crippen molar-refractivity contribution >= 4 is 45.0 Å². The van der Waals surface area contributed by atoms with Crippen LogP contribution in [0.4, 0.5) is 5.69 Å². The standard InChI is InChI=1S/C24H25N5O2S.ClH/c1-2-14-29-22-13-12-19(28-32(30,31)20-6-4-3-5-7-20)16-21(22)27-23(29)15-17-8-10-18(11-9-17)24(25)26;/h3-13,16,28H,2,14-15H2,1H3,(H3,25,26);1H. The van der Waals surface area contributed by atoms with Crippen LogP contribution in [0, 0.1) is 5.41 Å². The molecule has 1 heterocycles. The number of hydrogen-bond donors (Lipinski definition) is 3. The lowest BCUT2D eigenvalue weighted by Gasteiger charge is -2.09. The van der Waals surface area contributed by atoms with Crippen LogP contribution in [-0.2, 0) is 23.0 Å². The summed E-state index contributed by atoms with van der Waals surface area (Å²) in [7, 11) is -3.67. The summed E-state index contributed by atoms with van der Waals surface area (Å²) >= 11 is 0. The first kappa shape index (κ1) is 24.3. The fourth-order valence-corrected chi connectivity index (χ4v) is 4.72. The number of benzene rings is 3. The van der Waals surface area contributed by atoms with Crippen molar-refractivity contribution in [1.82, 2.24) is 9.55 Å². The summed E-state index contributed by atoms with van der Waals surface area (Å²) in [6.45, 7) is 2.92. The van der Waals surface area contributed by atoms with E-state index in [2.05, 4.69) is 16.2 Å². The maximum Gasteiger partial charge on any atom is 0.261 e. The van der Waals surface area contributed by atoms with Crippen molar-refractivity contribution < 1.29 is 8.42 Å². The number of nitrogens with two attached hydrogens (primary N) is 1. The maximum absolute atomic E-state index is 12.7. The highest BCUT2D eigenvalue weighted by molar-refractivity contribution is 7.92. The van der Waals surface area contributed by atoms with Crippen LogP contribution in [0.1, 0.15) is 30.3 Å². The average Bonchev–Trinajstić information content (AvgIpc) is 3.11. The molecule has 7 nitrogen and oxygen atoms in total. The summed E-state index contributed by atoms with van der Waals surface area (Å²) in [5.74, 6) is 0.945. The molecule has 1 aromatic heterocycles. The number of aryl methyl sites for hydroxylation is 1. The van der Waals surface area contributed by atoms with Gasteiger partial charge in [-0.05, 0) is 42.3 Å². The van der Waals surface area contributed by atoms with E-state index < -0.39 is 10.0 Å². The van der Waals surface area contributed by atoms with Gasteiger partial charge in [-0.15, -0.1) is 12.4 Å². The van der Waals surface area contributed by atoms with Crippen molar-refractivity contribution in [1.29, 1.82) is 5.41 Å². The van der Waals surface area contributed by atoms with Crippen molar-refractivity contribution in [3.63, 3.8) is 0 Å². The van der Waals surface area contributed by atoms with Crippen LogP contribution in [0.5, 0.6) is 0 Å². The van der Waals surface area contributed by atoms with Crippen LogP contribution in [0.25, 0.3) is 11.0 Å². The fourth-order valence-electron chi connectivity index (χ4n) is 3.65. The zero-order valence-electron chi connectivity index (χ0n) is 18.2. The van der Waals surface area contributed by atoms with E-state index in [1.807, 2.05) is 30.3 Å². The number of anilines is 1. The molecule has 0 aliphatic carbocycles. The molecule has 3 aromatic carbocycles. The van der Waals surface area contributed by atoms with E-state index in [1.165, 1.54) is 0 Å². The van der Waals surface area contributed by atoms with Gasteiger partial charge in [-0.2, -0.15) is 0 Å². The Hall–Kier alpha value is -3.36. The molecule has 0 atom stereocenters. The van der Waals surface area contributed by atoms with E-state index in [4.69, 9.17) is 16.1 Å². The van der Waals surface area contributed by atoms with Gasteiger partial charge in [0.2, 0.25) is 0 Å². The zero-order chi connectivity index (χ0) is 22.7. The predicted octanol–water partition coefficient (Wildman–Crippen LogP) is 4.54. The summed E-state index contributed by atoms with van der Waals surface area (Å²) in [6.07, 6.45) is 1.57. The lowest BCUT2D eigenvalue weighted by atomic mass is 10.1. The number of fused-ring (bicyclic) bond motifs is 1. The van der Waals surface area contributed by atoms with Gasteiger partial charge in [-0.25, -0.2) is 13.4 Å². The molecule has 0 bridgehead atoms. The molecule has 0 fully saturated rings. The number of halogens is 1. The molecule has 9 heteroatoms. The largest absolute Gasteiger partial charge is 0.384 e. The SMILES string of the molecule is CCCn1c(Cc2ccc(C(=N)N)cc2)nc2cc(NS(=O)(=O)c3ccccc3)ccc21.Cl. The Morgan fingerprint density at radius 1 is 1.06 bits per heavy atom. The molecular formula is C24H26ClN5O2S. The van der Waals surface area contributed by atoms with Crippen molar-refractivity contribution in [2.24, 2.45) is 5.73 Å². The molecule has 0 spiro atoms. The van der Waals surface area contributed by atoms with Gasteiger partial charge in [-0.3, -0.25) is 10.1 Å². The highest BCUT2D eigenvalue weighted by Crippen LogP contribution is 2.24. The fraction of sp³-hybridized carbons (Fsp3) is 0.167. The van der Waals surface area contributed by atoms with Gasteiger partial charge in [0.25, 0.3) is 10.0 Å². The van der Waals surface area contributed by atoms with E-state index in [1.54, 1.807) is 42.5 Å². The second-order valence-corrected chi connectivity index (χ2v) is 9.27. The third-order valence-electron chi connectivity index (χ3n) is 5.21. The number of nitrogens with one attached hydrogen (secondary N) is 2. The molecule has 0 unspecified atom stereocenters. The number of hydrogen-bond acceptors (Lipinski definition) is 4. The van der Waals surface area contributed by atoms with E-state index in [0.29, 0.717) is 17.7 Å². The molecule has 33 heavy (non-hydrogen) atoms. The van der Waals surface area contributed by atoms with E-state index in [-0.39, 0.29) is 23.1 Å². The zero-order valence-corrected chi connectivity index (χ0v) is 19.8. The predicted molar refractivity (Wildman–Crippen MR) is 135 cm³/mol. The molecule has 0 aliphatic heterocycles. The lowest BCUT2D eigenvalue weighted by Crippen LogP contribution is -2.12. The Balaban J connectivity index is 0.00000306. The van der Waals surface area contributed by atoms with Crippen LogP contribution in [0.3, 0.4) is 0 Å².